The van der Waals surface area contributed by atoms with E-state index in [0.29, 0.717) is 4.47 Å². The molecule has 3 N–H and O–H groups in total. The van der Waals surface area contributed by atoms with Gasteiger partial charge in [-0.05, 0) is 34.1 Å². The summed E-state index contributed by atoms with van der Waals surface area (Å²) in [5.41, 5.74) is 5.55. The predicted octanol–water partition coefficient (Wildman–Crippen LogP) is 2.27. The van der Waals surface area contributed by atoms with Crippen LogP contribution in [0.5, 0.6) is 0 Å². The Labute approximate surface area is 108 Å². The number of hydrogen-bond acceptors (Lipinski definition) is 5. The van der Waals surface area contributed by atoms with E-state index in [1.54, 1.807) is 0 Å². The van der Waals surface area contributed by atoms with Gasteiger partial charge in [0.1, 0.15) is 5.82 Å². The lowest BCUT2D eigenvalue weighted by Gasteiger charge is -2.03. The number of anilines is 2. The fourth-order valence-corrected chi connectivity index (χ4v) is 2.05. The Hall–Kier alpha value is -1.54. The molecule has 0 aliphatic heterocycles. The van der Waals surface area contributed by atoms with Gasteiger partial charge in [0, 0.05) is 4.47 Å². The zero-order chi connectivity index (χ0) is 12.4. The molecule has 0 spiro atoms. The minimum atomic E-state index is -0.491. The molecule has 1 aromatic carbocycles. The van der Waals surface area contributed by atoms with E-state index in [4.69, 9.17) is 5.73 Å². The van der Waals surface area contributed by atoms with Crippen molar-refractivity contribution in [1.82, 2.24) is 10.2 Å². The number of amides is 1. The average Bonchev–Trinajstić information content (AvgIpc) is 2.67. The summed E-state index contributed by atoms with van der Waals surface area (Å²) in [6.07, 6.45) is 0. The lowest BCUT2D eigenvalue weighted by molar-refractivity contribution is 0.102. The van der Waals surface area contributed by atoms with Crippen molar-refractivity contribution in [2.24, 2.45) is 0 Å². The van der Waals surface area contributed by atoms with Crippen molar-refractivity contribution in [3.05, 3.63) is 34.1 Å². The number of nitrogens with one attached hydrogen (secondary N) is 1. The smallest absolute Gasteiger partial charge is 0.258 e. The van der Waals surface area contributed by atoms with Crippen LogP contribution in [0.15, 0.2) is 22.7 Å². The van der Waals surface area contributed by atoms with Crippen LogP contribution >= 0.6 is 27.3 Å². The molecule has 5 nitrogen and oxygen atoms in total. The first-order valence-electron chi connectivity index (χ1n) is 4.41. The summed E-state index contributed by atoms with van der Waals surface area (Å²) in [4.78, 5) is 11.8. The fraction of sp³-hybridized carbons (Fsp3) is 0. The van der Waals surface area contributed by atoms with Crippen LogP contribution in [-0.4, -0.2) is 16.1 Å². The van der Waals surface area contributed by atoms with Crippen molar-refractivity contribution >= 4 is 43.4 Å². The summed E-state index contributed by atoms with van der Waals surface area (Å²) in [5, 5.41) is 10.2. The molecule has 17 heavy (non-hydrogen) atoms. The van der Waals surface area contributed by atoms with Gasteiger partial charge in [-0.2, -0.15) is 0 Å². The molecular formula is C9H6BrFN4OS. The van der Waals surface area contributed by atoms with Crippen LogP contribution in [0.2, 0.25) is 0 Å². The first kappa shape index (κ1) is 11.9. The Morgan fingerprint density at radius 3 is 2.88 bits per heavy atom. The van der Waals surface area contributed by atoms with E-state index in [1.165, 1.54) is 12.1 Å². The molecule has 2 rings (SSSR count). The van der Waals surface area contributed by atoms with Crippen LogP contribution in [0, 0.1) is 5.82 Å². The molecule has 0 atom stereocenters. The molecule has 0 aliphatic rings. The topological polar surface area (TPSA) is 80.9 Å². The monoisotopic (exact) mass is 316 g/mol. The van der Waals surface area contributed by atoms with Gasteiger partial charge in [0.2, 0.25) is 10.3 Å². The Morgan fingerprint density at radius 1 is 1.47 bits per heavy atom. The highest BCUT2D eigenvalue weighted by Gasteiger charge is 2.13. The van der Waals surface area contributed by atoms with Gasteiger partial charge in [0.05, 0.1) is 5.56 Å². The van der Waals surface area contributed by atoms with E-state index in [2.05, 4.69) is 31.4 Å². The summed E-state index contributed by atoms with van der Waals surface area (Å²) < 4.78 is 13.5. The highest BCUT2D eigenvalue weighted by Crippen LogP contribution is 2.21. The Balaban J connectivity index is 2.22. The van der Waals surface area contributed by atoms with Gasteiger partial charge in [-0.1, -0.05) is 11.3 Å². The second kappa shape index (κ2) is 4.76. The van der Waals surface area contributed by atoms with E-state index in [-0.39, 0.29) is 15.8 Å². The van der Waals surface area contributed by atoms with E-state index >= 15 is 0 Å². The first-order chi connectivity index (χ1) is 8.06. The number of hydrogen-bond donors (Lipinski definition) is 2. The molecule has 0 unspecified atom stereocenters. The normalized spacial score (nSPS) is 10.2. The molecule has 2 aromatic rings. The number of nitrogens with two attached hydrogens (primary N) is 1. The average molecular weight is 317 g/mol. The van der Waals surface area contributed by atoms with Crippen molar-refractivity contribution in [3.63, 3.8) is 0 Å². The van der Waals surface area contributed by atoms with Crippen molar-refractivity contribution in [2.45, 2.75) is 0 Å². The largest absolute Gasteiger partial charge is 0.374 e. The quantitative estimate of drug-likeness (QED) is 0.890. The lowest BCUT2D eigenvalue weighted by atomic mass is 10.2. The van der Waals surface area contributed by atoms with Crippen LogP contribution < -0.4 is 11.1 Å². The van der Waals surface area contributed by atoms with Crippen molar-refractivity contribution in [3.8, 4) is 0 Å². The van der Waals surface area contributed by atoms with Gasteiger partial charge >= 0.3 is 0 Å². The minimum Gasteiger partial charge on any atom is -0.374 e. The second-order valence-corrected chi connectivity index (χ2v) is 4.89. The molecule has 8 heteroatoms. The van der Waals surface area contributed by atoms with Crippen LogP contribution in [0.25, 0.3) is 0 Å². The molecule has 0 radical (unpaired) electrons. The van der Waals surface area contributed by atoms with Crippen LogP contribution in [0.4, 0.5) is 14.7 Å². The standard InChI is InChI=1S/C9H6BrFN4OS/c10-6-2-1-4(11)3-5(6)7(16)13-9-15-14-8(12)17-9/h1-3H,(H2,12,14)(H,13,15,16). The highest BCUT2D eigenvalue weighted by atomic mass is 79.9. The molecule has 0 aliphatic carbocycles. The number of aromatic nitrogens is 2. The van der Waals surface area contributed by atoms with E-state index < -0.39 is 11.7 Å². The number of nitrogens with zero attached hydrogens (tertiary/aromatic N) is 2. The van der Waals surface area contributed by atoms with Gasteiger partial charge in [-0.15, -0.1) is 10.2 Å². The molecule has 0 bridgehead atoms. The van der Waals surface area contributed by atoms with Gasteiger partial charge in [0.15, 0.2) is 0 Å². The molecule has 0 saturated carbocycles. The molecule has 0 fully saturated rings. The predicted molar refractivity (Wildman–Crippen MR) is 66.4 cm³/mol. The Bertz CT molecular complexity index is 574. The van der Waals surface area contributed by atoms with E-state index in [0.717, 1.165) is 17.4 Å². The maximum Gasteiger partial charge on any atom is 0.258 e. The highest BCUT2D eigenvalue weighted by molar-refractivity contribution is 9.10. The van der Waals surface area contributed by atoms with E-state index in [1.807, 2.05) is 0 Å². The number of benzene rings is 1. The van der Waals surface area contributed by atoms with Crippen LogP contribution in [-0.2, 0) is 0 Å². The summed E-state index contributed by atoms with van der Waals surface area (Å²) in [5.74, 6) is -0.970. The molecular weight excluding hydrogens is 311 g/mol. The van der Waals surface area contributed by atoms with Gasteiger partial charge in [0.25, 0.3) is 5.91 Å². The number of rotatable bonds is 2. The third-order valence-corrected chi connectivity index (χ3v) is 3.19. The zero-order valence-electron chi connectivity index (χ0n) is 8.28. The third kappa shape index (κ3) is 2.77. The molecule has 1 heterocycles. The number of carbonyl (C=O) groups excluding carboxylic acids is 1. The lowest BCUT2D eigenvalue weighted by Crippen LogP contribution is -2.12. The van der Waals surface area contributed by atoms with Gasteiger partial charge in [-0.3, -0.25) is 10.1 Å². The molecule has 88 valence electrons. The molecule has 1 amide bonds. The maximum atomic E-state index is 13.0. The third-order valence-electron chi connectivity index (χ3n) is 1.83. The van der Waals surface area contributed by atoms with Crippen molar-refractivity contribution in [1.29, 1.82) is 0 Å². The van der Waals surface area contributed by atoms with E-state index in [9.17, 15) is 9.18 Å². The summed E-state index contributed by atoms with van der Waals surface area (Å²) in [6.45, 7) is 0. The summed E-state index contributed by atoms with van der Waals surface area (Å²) in [6, 6.07) is 3.84. The Morgan fingerprint density at radius 2 is 2.24 bits per heavy atom. The maximum absolute atomic E-state index is 13.0. The number of carbonyl (C=O) groups is 1. The minimum absolute atomic E-state index is 0.179. The van der Waals surface area contributed by atoms with Crippen molar-refractivity contribution in [2.75, 3.05) is 11.1 Å². The summed E-state index contributed by atoms with van der Waals surface area (Å²) in [7, 11) is 0. The number of nitrogen functional groups attached to an aromatic ring is 1. The SMILES string of the molecule is Nc1nnc(NC(=O)c2cc(F)ccc2Br)s1. The second-order valence-electron chi connectivity index (χ2n) is 3.02. The zero-order valence-corrected chi connectivity index (χ0v) is 10.7. The van der Waals surface area contributed by atoms with Crippen molar-refractivity contribution < 1.29 is 9.18 Å². The molecule has 0 saturated heterocycles. The summed E-state index contributed by atoms with van der Waals surface area (Å²) >= 11 is 4.20. The van der Waals surface area contributed by atoms with Gasteiger partial charge < -0.3 is 5.73 Å². The Kier molecular flexibility index (Phi) is 3.34. The first-order valence-corrected chi connectivity index (χ1v) is 6.02. The van der Waals surface area contributed by atoms with Crippen LogP contribution in [0.1, 0.15) is 10.4 Å². The van der Waals surface area contributed by atoms with Gasteiger partial charge in [-0.25, -0.2) is 4.39 Å². The molecule has 1 aromatic heterocycles. The van der Waals surface area contributed by atoms with Crippen LogP contribution in [0.3, 0.4) is 0 Å². The fourth-order valence-electron chi connectivity index (χ4n) is 1.12. The number of halogens is 2.